The Kier molecular flexibility index (Phi) is 4.00. The third kappa shape index (κ3) is 2.97. The van der Waals surface area contributed by atoms with Crippen LogP contribution in [0.3, 0.4) is 0 Å². The van der Waals surface area contributed by atoms with Crippen molar-refractivity contribution < 1.29 is 4.79 Å². The molecule has 1 heterocycles. The van der Waals surface area contributed by atoms with Crippen LogP contribution in [0.5, 0.6) is 0 Å². The Morgan fingerprint density at radius 2 is 1.88 bits per heavy atom. The first kappa shape index (κ1) is 13.5. The summed E-state index contributed by atoms with van der Waals surface area (Å²) in [5, 5.41) is 0. The Hall–Kier alpha value is -0.570. The van der Waals surface area contributed by atoms with Crippen molar-refractivity contribution in [2.75, 3.05) is 6.54 Å². The molecule has 16 heavy (non-hydrogen) atoms. The summed E-state index contributed by atoms with van der Waals surface area (Å²) in [5.41, 5.74) is 5.89. The Labute approximate surface area is 99.4 Å². The van der Waals surface area contributed by atoms with Gasteiger partial charge in [-0.15, -0.1) is 0 Å². The van der Waals surface area contributed by atoms with Gasteiger partial charge in [-0.2, -0.15) is 0 Å². The maximum Gasteiger partial charge on any atom is 0.240 e. The summed E-state index contributed by atoms with van der Waals surface area (Å²) < 4.78 is 0. The van der Waals surface area contributed by atoms with Gasteiger partial charge in [0.2, 0.25) is 5.91 Å². The normalized spacial score (nSPS) is 29.0. The van der Waals surface area contributed by atoms with Gasteiger partial charge >= 0.3 is 0 Å². The average molecular weight is 226 g/mol. The lowest BCUT2D eigenvalue weighted by molar-refractivity contribution is -0.139. The molecule has 3 nitrogen and oxygen atoms in total. The van der Waals surface area contributed by atoms with Crippen molar-refractivity contribution in [2.45, 2.75) is 59.5 Å². The molecule has 0 aromatic carbocycles. The summed E-state index contributed by atoms with van der Waals surface area (Å²) in [6.45, 7) is 11.3. The minimum Gasteiger partial charge on any atom is -0.338 e. The summed E-state index contributed by atoms with van der Waals surface area (Å²) >= 11 is 0. The molecule has 1 aliphatic rings. The van der Waals surface area contributed by atoms with E-state index < -0.39 is 0 Å². The van der Waals surface area contributed by atoms with E-state index in [0.717, 1.165) is 13.0 Å². The van der Waals surface area contributed by atoms with E-state index in [1.165, 1.54) is 6.42 Å². The molecular weight excluding hydrogens is 200 g/mol. The third-order valence-corrected chi connectivity index (χ3v) is 3.60. The molecule has 1 rings (SSSR count). The van der Waals surface area contributed by atoms with Gasteiger partial charge in [0.25, 0.3) is 0 Å². The van der Waals surface area contributed by atoms with Crippen LogP contribution in [-0.4, -0.2) is 29.4 Å². The van der Waals surface area contributed by atoms with Crippen LogP contribution in [0.4, 0.5) is 0 Å². The lowest BCUT2D eigenvalue weighted by Gasteiger charge is -2.40. The highest BCUT2D eigenvalue weighted by Gasteiger charge is 2.35. The molecule has 3 heteroatoms. The van der Waals surface area contributed by atoms with Crippen LogP contribution >= 0.6 is 0 Å². The van der Waals surface area contributed by atoms with Crippen molar-refractivity contribution in [3.05, 3.63) is 0 Å². The largest absolute Gasteiger partial charge is 0.338 e. The Morgan fingerprint density at radius 3 is 2.38 bits per heavy atom. The van der Waals surface area contributed by atoms with E-state index in [1.54, 1.807) is 0 Å². The van der Waals surface area contributed by atoms with E-state index in [0.29, 0.717) is 12.0 Å². The highest BCUT2D eigenvalue weighted by atomic mass is 16.2. The van der Waals surface area contributed by atoms with Gasteiger partial charge in [0.05, 0.1) is 6.04 Å². The van der Waals surface area contributed by atoms with Gasteiger partial charge in [-0.25, -0.2) is 0 Å². The van der Waals surface area contributed by atoms with Crippen molar-refractivity contribution >= 4 is 5.91 Å². The molecular formula is C13H26N2O. The monoisotopic (exact) mass is 226 g/mol. The standard InChI is InChI=1S/C13H26N2O/c1-9-6-7-10(2)15(8-9)12(16)11(14)13(3,4)5/h9-11H,6-8,14H2,1-5H3. The summed E-state index contributed by atoms with van der Waals surface area (Å²) in [4.78, 5) is 14.3. The van der Waals surface area contributed by atoms with E-state index in [4.69, 9.17) is 5.73 Å². The Bertz CT molecular complexity index is 257. The van der Waals surface area contributed by atoms with Gasteiger partial charge < -0.3 is 10.6 Å². The quantitative estimate of drug-likeness (QED) is 0.743. The molecule has 94 valence electrons. The van der Waals surface area contributed by atoms with Gasteiger partial charge in [0.1, 0.15) is 0 Å². The Balaban J connectivity index is 2.72. The average Bonchev–Trinajstić information content (AvgIpc) is 2.18. The SMILES string of the molecule is CC1CCC(C)N(C(=O)C(N)C(C)(C)C)C1. The Morgan fingerprint density at radius 1 is 1.31 bits per heavy atom. The van der Waals surface area contributed by atoms with Crippen molar-refractivity contribution in [3.63, 3.8) is 0 Å². The molecule has 1 aliphatic heterocycles. The number of carbonyl (C=O) groups excluding carboxylic acids is 1. The van der Waals surface area contributed by atoms with E-state index in [-0.39, 0.29) is 17.4 Å². The van der Waals surface area contributed by atoms with E-state index in [9.17, 15) is 4.79 Å². The summed E-state index contributed by atoms with van der Waals surface area (Å²) in [6.07, 6.45) is 2.32. The molecule has 2 N–H and O–H groups in total. The molecule has 0 aromatic rings. The van der Waals surface area contributed by atoms with Gasteiger partial charge in [0, 0.05) is 12.6 Å². The summed E-state index contributed by atoms with van der Waals surface area (Å²) in [7, 11) is 0. The second kappa shape index (κ2) is 4.74. The minimum atomic E-state index is -0.389. The number of nitrogens with zero attached hydrogens (tertiary/aromatic N) is 1. The van der Waals surface area contributed by atoms with Crippen molar-refractivity contribution in [3.8, 4) is 0 Å². The third-order valence-electron chi connectivity index (χ3n) is 3.60. The van der Waals surface area contributed by atoms with Gasteiger partial charge in [-0.1, -0.05) is 27.7 Å². The predicted molar refractivity (Wildman–Crippen MR) is 67.0 cm³/mol. The number of piperidine rings is 1. The second-order valence-corrected chi connectivity index (χ2v) is 6.37. The fourth-order valence-corrected chi connectivity index (χ4v) is 2.14. The van der Waals surface area contributed by atoms with Crippen LogP contribution in [0.15, 0.2) is 0 Å². The molecule has 1 saturated heterocycles. The number of hydrogen-bond donors (Lipinski definition) is 1. The first-order chi connectivity index (χ1) is 7.23. The van der Waals surface area contributed by atoms with E-state index in [2.05, 4.69) is 13.8 Å². The predicted octanol–water partition coefficient (Wildman–Crippen LogP) is 2.01. The number of rotatable bonds is 1. The van der Waals surface area contributed by atoms with Crippen LogP contribution in [0.25, 0.3) is 0 Å². The number of nitrogens with two attached hydrogens (primary N) is 1. The molecule has 3 atom stereocenters. The minimum absolute atomic E-state index is 0.117. The molecule has 0 aromatic heterocycles. The number of amides is 1. The lowest BCUT2D eigenvalue weighted by atomic mass is 9.85. The summed E-state index contributed by atoms with van der Waals surface area (Å²) in [6, 6.07) is -0.0441. The number of likely N-dealkylation sites (tertiary alicyclic amines) is 1. The van der Waals surface area contributed by atoms with Crippen LogP contribution in [0, 0.1) is 11.3 Å². The molecule has 1 amide bonds. The van der Waals surface area contributed by atoms with Crippen LogP contribution < -0.4 is 5.73 Å². The second-order valence-electron chi connectivity index (χ2n) is 6.37. The van der Waals surface area contributed by atoms with Crippen LogP contribution in [0.1, 0.15) is 47.5 Å². The van der Waals surface area contributed by atoms with Gasteiger partial charge in [-0.05, 0) is 31.1 Å². The zero-order valence-corrected chi connectivity index (χ0v) is 11.3. The molecule has 0 saturated carbocycles. The topological polar surface area (TPSA) is 46.3 Å². The zero-order chi connectivity index (χ0) is 12.5. The number of hydrogen-bond acceptors (Lipinski definition) is 2. The fourth-order valence-electron chi connectivity index (χ4n) is 2.14. The van der Waals surface area contributed by atoms with Gasteiger partial charge in [-0.3, -0.25) is 4.79 Å². The van der Waals surface area contributed by atoms with Gasteiger partial charge in [0.15, 0.2) is 0 Å². The van der Waals surface area contributed by atoms with Crippen molar-refractivity contribution in [1.82, 2.24) is 4.90 Å². The zero-order valence-electron chi connectivity index (χ0n) is 11.3. The maximum absolute atomic E-state index is 12.3. The first-order valence-corrected chi connectivity index (χ1v) is 6.29. The smallest absolute Gasteiger partial charge is 0.240 e. The highest BCUT2D eigenvalue weighted by molar-refractivity contribution is 5.82. The van der Waals surface area contributed by atoms with Crippen LogP contribution in [0.2, 0.25) is 0 Å². The van der Waals surface area contributed by atoms with Crippen molar-refractivity contribution in [2.24, 2.45) is 17.1 Å². The lowest BCUT2D eigenvalue weighted by Crippen LogP contribution is -2.55. The fraction of sp³-hybridized carbons (Fsp3) is 0.923. The van der Waals surface area contributed by atoms with E-state index in [1.807, 2.05) is 25.7 Å². The van der Waals surface area contributed by atoms with Crippen LogP contribution in [-0.2, 0) is 4.79 Å². The highest BCUT2D eigenvalue weighted by Crippen LogP contribution is 2.25. The number of carbonyl (C=O) groups is 1. The first-order valence-electron chi connectivity index (χ1n) is 6.29. The molecule has 0 spiro atoms. The van der Waals surface area contributed by atoms with E-state index >= 15 is 0 Å². The maximum atomic E-state index is 12.3. The molecule has 0 bridgehead atoms. The molecule has 3 unspecified atom stereocenters. The summed E-state index contributed by atoms with van der Waals surface area (Å²) in [5.74, 6) is 0.721. The van der Waals surface area contributed by atoms with Crippen molar-refractivity contribution in [1.29, 1.82) is 0 Å². The molecule has 1 fully saturated rings. The molecule has 0 radical (unpaired) electrons. The molecule has 0 aliphatic carbocycles.